The van der Waals surface area contributed by atoms with E-state index < -0.39 is 10.0 Å². The summed E-state index contributed by atoms with van der Waals surface area (Å²) in [5.74, 6) is 0. The van der Waals surface area contributed by atoms with Gasteiger partial charge in [0.05, 0.1) is 16.5 Å². The number of hydrogen-bond acceptors (Lipinski definition) is 4. The molecule has 1 heterocycles. The van der Waals surface area contributed by atoms with Crippen molar-refractivity contribution in [2.24, 2.45) is 5.73 Å². The van der Waals surface area contributed by atoms with Crippen LogP contribution in [0.5, 0.6) is 0 Å². The minimum atomic E-state index is -3.48. The van der Waals surface area contributed by atoms with Gasteiger partial charge in [-0.2, -0.15) is 9.57 Å². The summed E-state index contributed by atoms with van der Waals surface area (Å²) in [7, 11) is -3.48. The molecule has 0 aliphatic carbocycles. The van der Waals surface area contributed by atoms with Crippen LogP contribution in [0.25, 0.3) is 0 Å². The van der Waals surface area contributed by atoms with Gasteiger partial charge in [-0.15, -0.1) is 0 Å². The number of nitriles is 1. The fraction of sp³-hybridized carbons (Fsp3) is 0.417. The highest BCUT2D eigenvalue weighted by Crippen LogP contribution is 2.22. The number of rotatable bonds is 2. The molecule has 6 heteroatoms. The summed E-state index contributed by atoms with van der Waals surface area (Å²) in [6, 6.07) is 6.49. The van der Waals surface area contributed by atoms with Crippen molar-refractivity contribution in [3.05, 3.63) is 29.3 Å². The zero-order valence-electron chi connectivity index (χ0n) is 10.1. The van der Waals surface area contributed by atoms with Crippen molar-refractivity contribution in [2.45, 2.75) is 24.3 Å². The lowest BCUT2D eigenvalue weighted by molar-refractivity contribution is 0.472. The molecular weight excluding hydrogens is 250 g/mol. The van der Waals surface area contributed by atoms with Crippen LogP contribution in [-0.4, -0.2) is 31.9 Å². The lowest BCUT2D eigenvalue weighted by Gasteiger charge is -2.16. The molecule has 0 bridgehead atoms. The van der Waals surface area contributed by atoms with Crippen molar-refractivity contribution in [1.29, 1.82) is 5.26 Å². The molecule has 0 aromatic heterocycles. The van der Waals surface area contributed by atoms with E-state index in [-0.39, 0.29) is 10.9 Å². The Morgan fingerprint density at radius 2 is 2.22 bits per heavy atom. The minimum Gasteiger partial charge on any atom is -0.326 e. The van der Waals surface area contributed by atoms with Gasteiger partial charge >= 0.3 is 0 Å². The zero-order valence-corrected chi connectivity index (χ0v) is 10.9. The van der Waals surface area contributed by atoms with Gasteiger partial charge in [-0.3, -0.25) is 0 Å². The SMILES string of the molecule is Cc1cc(S(=O)(=O)N2CC[C@@H](N)C2)ccc1C#N. The van der Waals surface area contributed by atoms with Crippen LogP contribution in [0.4, 0.5) is 0 Å². The van der Waals surface area contributed by atoms with E-state index in [1.807, 2.05) is 6.07 Å². The van der Waals surface area contributed by atoms with Crippen LogP contribution in [0.2, 0.25) is 0 Å². The lowest BCUT2D eigenvalue weighted by Crippen LogP contribution is -2.32. The van der Waals surface area contributed by atoms with Crippen molar-refractivity contribution in [3.8, 4) is 6.07 Å². The molecule has 0 spiro atoms. The first-order valence-electron chi connectivity index (χ1n) is 5.71. The summed E-state index contributed by atoms with van der Waals surface area (Å²) < 4.78 is 26.0. The van der Waals surface area contributed by atoms with Crippen LogP contribution in [0.1, 0.15) is 17.5 Å². The Bertz CT molecular complexity index is 604. The summed E-state index contributed by atoms with van der Waals surface area (Å²) in [4.78, 5) is 0.230. The monoisotopic (exact) mass is 265 g/mol. The van der Waals surface area contributed by atoms with Crippen LogP contribution in [-0.2, 0) is 10.0 Å². The molecule has 1 atom stereocenters. The Hall–Kier alpha value is -1.42. The van der Waals surface area contributed by atoms with E-state index in [2.05, 4.69) is 0 Å². The van der Waals surface area contributed by atoms with E-state index in [9.17, 15) is 8.42 Å². The summed E-state index contributed by atoms with van der Waals surface area (Å²) >= 11 is 0. The predicted molar refractivity (Wildman–Crippen MR) is 67.2 cm³/mol. The fourth-order valence-corrected chi connectivity index (χ4v) is 3.64. The number of aryl methyl sites for hydroxylation is 1. The van der Waals surface area contributed by atoms with Gasteiger partial charge in [-0.25, -0.2) is 8.42 Å². The van der Waals surface area contributed by atoms with Crippen molar-refractivity contribution >= 4 is 10.0 Å². The Balaban J connectivity index is 2.37. The molecule has 0 radical (unpaired) electrons. The molecule has 2 rings (SSSR count). The average Bonchev–Trinajstić information content (AvgIpc) is 2.76. The highest BCUT2D eigenvalue weighted by atomic mass is 32.2. The molecule has 1 aliphatic heterocycles. The quantitative estimate of drug-likeness (QED) is 0.847. The van der Waals surface area contributed by atoms with E-state index in [1.54, 1.807) is 6.92 Å². The van der Waals surface area contributed by atoms with Gasteiger partial charge in [-0.05, 0) is 37.1 Å². The Kier molecular flexibility index (Phi) is 3.39. The van der Waals surface area contributed by atoms with Crippen LogP contribution in [0.15, 0.2) is 23.1 Å². The normalized spacial score (nSPS) is 20.8. The summed E-state index contributed by atoms with van der Waals surface area (Å²) in [6.45, 7) is 2.55. The standard InChI is InChI=1S/C12H15N3O2S/c1-9-6-12(3-2-10(9)7-13)18(16,17)15-5-4-11(14)8-15/h2-3,6,11H,4-5,8,14H2,1H3/t11-/m1/s1. The summed E-state index contributed by atoms with van der Waals surface area (Å²) in [5.41, 5.74) is 6.89. The minimum absolute atomic E-state index is 0.0840. The number of nitrogens with two attached hydrogens (primary N) is 1. The van der Waals surface area contributed by atoms with Crippen LogP contribution >= 0.6 is 0 Å². The molecule has 5 nitrogen and oxygen atoms in total. The molecular formula is C12H15N3O2S. The third-order valence-electron chi connectivity index (χ3n) is 3.14. The van der Waals surface area contributed by atoms with E-state index >= 15 is 0 Å². The predicted octanol–water partition coefficient (Wildman–Crippen LogP) is 0.588. The molecule has 1 fully saturated rings. The number of benzene rings is 1. The first kappa shape index (κ1) is 13.0. The van der Waals surface area contributed by atoms with Crippen LogP contribution in [0.3, 0.4) is 0 Å². The molecule has 18 heavy (non-hydrogen) atoms. The second-order valence-electron chi connectivity index (χ2n) is 4.50. The van der Waals surface area contributed by atoms with Gasteiger partial charge in [0.15, 0.2) is 0 Å². The Labute approximate surface area is 107 Å². The molecule has 0 unspecified atom stereocenters. The maximum atomic E-state index is 12.3. The smallest absolute Gasteiger partial charge is 0.243 e. The summed E-state index contributed by atoms with van der Waals surface area (Å²) in [6.07, 6.45) is 0.689. The lowest BCUT2D eigenvalue weighted by atomic mass is 10.1. The molecule has 0 amide bonds. The van der Waals surface area contributed by atoms with Crippen molar-refractivity contribution < 1.29 is 8.42 Å². The number of sulfonamides is 1. The Morgan fingerprint density at radius 3 is 2.72 bits per heavy atom. The number of nitrogens with zero attached hydrogens (tertiary/aromatic N) is 2. The largest absolute Gasteiger partial charge is 0.326 e. The third-order valence-corrected chi connectivity index (χ3v) is 5.00. The molecule has 96 valence electrons. The molecule has 1 aromatic carbocycles. The van der Waals surface area contributed by atoms with Crippen LogP contribution in [0, 0.1) is 18.3 Å². The maximum absolute atomic E-state index is 12.3. The third kappa shape index (κ3) is 2.25. The fourth-order valence-electron chi connectivity index (χ4n) is 2.04. The van der Waals surface area contributed by atoms with Crippen molar-refractivity contribution in [3.63, 3.8) is 0 Å². The van der Waals surface area contributed by atoms with E-state index in [4.69, 9.17) is 11.0 Å². The highest BCUT2D eigenvalue weighted by molar-refractivity contribution is 7.89. The first-order chi connectivity index (χ1) is 8.45. The molecule has 0 saturated carbocycles. The first-order valence-corrected chi connectivity index (χ1v) is 7.15. The maximum Gasteiger partial charge on any atom is 0.243 e. The van der Waals surface area contributed by atoms with Crippen LogP contribution < -0.4 is 5.73 Å². The second kappa shape index (κ2) is 4.69. The van der Waals surface area contributed by atoms with Gasteiger partial charge in [0, 0.05) is 19.1 Å². The zero-order chi connectivity index (χ0) is 13.3. The molecule has 1 aliphatic rings. The van der Waals surface area contributed by atoms with E-state index in [1.165, 1.54) is 22.5 Å². The molecule has 1 aromatic rings. The van der Waals surface area contributed by atoms with Gasteiger partial charge in [-0.1, -0.05) is 0 Å². The van der Waals surface area contributed by atoms with Gasteiger partial charge in [0.2, 0.25) is 10.0 Å². The molecule has 1 saturated heterocycles. The van der Waals surface area contributed by atoms with Crippen molar-refractivity contribution in [1.82, 2.24) is 4.31 Å². The van der Waals surface area contributed by atoms with Crippen molar-refractivity contribution in [2.75, 3.05) is 13.1 Å². The summed E-state index contributed by atoms with van der Waals surface area (Å²) in [5, 5.41) is 8.83. The molecule has 2 N–H and O–H groups in total. The van der Waals surface area contributed by atoms with Gasteiger partial charge in [0.1, 0.15) is 0 Å². The van der Waals surface area contributed by atoms with Gasteiger partial charge in [0.25, 0.3) is 0 Å². The highest BCUT2D eigenvalue weighted by Gasteiger charge is 2.30. The Morgan fingerprint density at radius 1 is 1.50 bits per heavy atom. The van der Waals surface area contributed by atoms with Gasteiger partial charge < -0.3 is 5.73 Å². The number of hydrogen-bond donors (Lipinski definition) is 1. The average molecular weight is 265 g/mol. The van der Waals surface area contributed by atoms with E-state index in [0.717, 1.165) is 0 Å². The topological polar surface area (TPSA) is 87.2 Å². The second-order valence-corrected chi connectivity index (χ2v) is 6.44. The van der Waals surface area contributed by atoms with E-state index in [0.29, 0.717) is 30.6 Å².